The van der Waals surface area contributed by atoms with E-state index in [9.17, 15) is 4.79 Å². The first-order valence-corrected chi connectivity index (χ1v) is 10.2. The van der Waals surface area contributed by atoms with Crippen molar-refractivity contribution in [2.75, 3.05) is 19.0 Å². The highest BCUT2D eigenvalue weighted by Crippen LogP contribution is 2.42. The van der Waals surface area contributed by atoms with E-state index >= 15 is 0 Å². The molecule has 0 amide bonds. The van der Waals surface area contributed by atoms with Crippen LogP contribution in [0.3, 0.4) is 0 Å². The summed E-state index contributed by atoms with van der Waals surface area (Å²) in [7, 11) is 1.45. The number of carbonyl (C=O) groups excluding carboxylic acids is 1. The molecule has 5 heteroatoms. The van der Waals surface area contributed by atoms with Gasteiger partial charge in [0.15, 0.2) is 0 Å². The third-order valence-electron chi connectivity index (χ3n) is 5.72. The SMILES string of the molecule is COC(=O)c1c(C2CCCCC2)nc2c(c1-c1cccc(Cl)c1)CCCN2. The molecule has 4 nitrogen and oxygen atoms in total. The van der Waals surface area contributed by atoms with Gasteiger partial charge in [0.2, 0.25) is 0 Å². The molecule has 142 valence electrons. The Balaban J connectivity index is 1.99. The lowest BCUT2D eigenvalue weighted by Gasteiger charge is -2.28. The van der Waals surface area contributed by atoms with Crippen molar-refractivity contribution in [3.8, 4) is 11.1 Å². The summed E-state index contributed by atoms with van der Waals surface area (Å²) in [6.07, 6.45) is 7.69. The van der Waals surface area contributed by atoms with Crippen molar-refractivity contribution in [2.24, 2.45) is 0 Å². The summed E-state index contributed by atoms with van der Waals surface area (Å²) in [4.78, 5) is 17.9. The van der Waals surface area contributed by atoms with Crippen molar-refractivity contribution in [1.82, 2.24) is 4.98 Å². The fourth-order valence-electron chi connectivity index (χ4n) is 4.45. The quantitative estimate of drug-likeness (QED) is 0.700. The number of fused-ring (bicyclic) bond motifs is 1. The molecular formula is C22H25ClN2O2. The smallest absolute Gasteiger partial charge is 0.340 e. The van der Waals surface area contributed by atoms with Crippen LogP contribution in [0.4, 0.5) is 5.82 Å². The van der Waals surface area contributed by atoms with Crippen molar-refractivity contribution in [1.29, 1.82) is 0 Å². The number of esters is 1. The number of aromatic nitrogens is 1. The molecule has 0 atom stereocenters. The minimum absolute atomic E-state index is 0.300. The van der Waals surface area contributed by atoms with Gasteiger partial charge in [-0.15, -0.1) is 0 Å². The Morgan fingerprint density at radius 1 is 1.22 bits per heavy atom. The molecule has 1 aliphatic carbocycles. The van der Waals surface area contributed by atoms with E-state index in [1.54, 1.807) is 0 Å². The molecular weight excluding hydrogens is 360 g/mol. The van der Waals surface area contributed by atoms with Crippen LogP contribution >= 0.6 is 11.6 Å². The molecule has 1 aromatic heterocycles. The number of rotatable bonds is 3. The summed E-state index contributed by atoms with van der Waals surface area (Å²) in [6.45, 7) is 0.913. The van der Waals surface area contributed by atoms with Gasteiger partial charge in [0.1, 0.15) is 5.82 Å². The Hall–Kier alpha value is -2.07. The molecule has 0 spiro atoms. The van der Waals surface area contributed by atoms with Crippen LogP contribution in [-0.4, -0.2) is 24.6 Å². The zero-order valence-corrected chi connectivity index (χ0v) is 16.4. The maximum absolute atomic E-state index is 12.9. The molecule has 1 N–H and O–H groups in total. The van der Waals surface area contributed by atoms with Crippen molar-refractivity contribution < 1.29 is 9.53 Å². The van der Waals surface area contributed by atoms with E-state index in [1.807, 2.05) is 24.3 Å². The summed E-state index contributed by atoms with van der Waals surface area (Å²) in [6, 6.07) is 7.74. The zero-order valence-electron chi connectivity index (χ0n) is 15.7. The average Bonchev–Trinajstić information content (AvgIpc) is 2.72. The monoisotopic (exact) mass is 384 g/mol. The summed E-state index contributed by atoms with van der Waals surface area (Å²) in [5, 5.41) is 4.12. The van der Waals surface area contributed by atoms with Crippen LogP contribution in [-0.2, 0) is 11.2 Å². The Morgan fingerprint density at radius 3 is 2.78 bits per heavy atom. The molecule has 2 heterocycles. The molecule has 1 saturated carbocycles. The lowest BCUT2D eigenvalue weighted by atomic mass is 9.81. The van der Waals surface area contributed by atoms with Crippen LogP contribution in [0.2, 0.25) is 5.02 Å². The Labute approximate surface area is 165 Å². The highest BCUT2D eigenvalue weighted by atomic mass is 35.5. The van der Waals surface area contributed by atoms with E-state index in [1.165, 1.54) is 26.4 Å². The van der Waals surface area contributed by atoms with Gasteiger partial charge in [-0.2, -0.15) is 0 Å². The normalized spacial score (nSPS) is 17.1. The number of methoxy groups -OCH3 is 1. The predicted octanol–water partition coefficient (Wildman–Crippen LogP) is 5.59. The fourth-order valence-corrected chi connectivity index (χ4v) is 4.64. The van der Waals surface area contributed by atoms with Gasteiger partial charge >= 0.3 is 5.97 Å². The molecule has 2 aliphatic rings. The lowest BCUT2D eigenvalue weighted by molar-refractivity contribution is 0.0598. The van der Waals surface area contributed by atoms with Gasteiger partial charge in [-0.3, -0.25) is 0 Å². The van der Waals surface area contributed by atoms with E-state index in [2.05, 4.69) is 5.32 Å². The van der Waals surface area contributed by atoms with E-state index in [-0.39, 0.29) is 5.97 Å². The Bertz CT molecular complexity index is 860. The molecule has 2 aromatic rings. The zero-order chi connectivity index (χ0) is 18.8. The molecule has 0 saturated heterocycles. The van der Waals surface area contributed by atoms with Gasteiger partial charge < -0.3 is 10.1 Å². The highest BCUT2D eigenvalue weighted by molar-refractivity contribution is 6.30. The summed E-state index contributed by atoms with van der Waals surface area (Å²) in [5.74, 6) is 0.927. The molecule has 0 unspecified atom stereocenters. The van der Waals surface area contributed by atoms with E-state index < -0.39 is 0 Å². The van der Waals surface area contributed by atoms with Crippen LogP contribution in [0.5, 0.6) is 0 Å². The highest BCUT2D eigenvalue weighted by Gasteiger charge is 2.31. The number of hydrogen-bond acceptors (Lipinski definition) is 4. The van der Waals surface area contributed by atoms with E-state index in [4.69, 9.17) is 21.3 Å². The van der Waals surface area contributed by atoms with Crippen molar-refractivity contribution in [3.05, 3.63) is 46.1 Å². The van der Waals surface area contributed by atoms with Crippen molar-refractivity contribution >= 4 is 23.4 Å². The number of ether oxygens (including phenoxy) is 1. The second-order valence-corrected chi connectivity index (χ2v) is 7.88. The van der Waals surface area contributed by atoms with Crippen LogP contribution < -0.4 is 5.32 Å². The Kier molecular flexibility index (Phi) is 5.35. The molecule has 27 heavy (non-hydrogen) atoms. The summed E-state index contributed by atoms with van der Waals surface area (Å²) in [5.41, 5.74) is 4.53. The third-order valence-corrected chi connectivity index (χ3v) is 5.95. The number of halogens is 1. The maximum atomic E-state index is 12.9. The van der Waals surface area contributed by atoms with Crippen LogP contribution in [0.25, 0.3) is 11.1 Å². The van der Waals surface area contributed by atoms with Crippen LogP contribution in [0.1, 0.15) is 66.1 Å². The predicted molar refractivity (Wildman–Crippen MR) is 109 cm³/mol. The van der Waals surface area contributed by atoms with Crippen LogP contribution in [0.15, 0.2) is 24.3 Å². The standard InChI is InChI=1S/C22H25ClN2O2/c1-27-22(26)19-18(15-9-5-10-16(23)13-15)17-11-6-12-24-21(17)25-20(19)14-7-3-2-4-8-14/h5,9-10,13-14H,2-4,6-8,11-12H2,1H3,(H,24,25). The van der Waals surface area contributed by atoms with Gasteiger partial charge in [-0.05, 0) is 43.4 Å². The first-order chi connectivity index (χ1) is 13.2. The number of hydrogen-bond donors (Lipinski definition) is 1. The third kappa shape index (κ3) is 3.55. The summed E-state index contributed by atoms with van der Waals surface area (Å²) >= 11 is 6.28. The van der Waals surface area contributed by atoms with Gasteiger partial charge in [0.25, 0.3) is 0 Å². The minimum Gasteiger partial charge on any atom is -0.465 e. The number of benzene rings is 1. The van der Waals surface area contributed by atoms with Gasteiger partial charge in [-0.25, -0.2) is 9.78 Å². The van der Waals surface area contributed by atoms with E-state index in [0.717, 1.165) is 60.4 Å². The number of anilines is 1. The number of nitrogens with zero attached hydrogens (tertiary/aromatic N) is 1. The maximum Gasteiger partial charge on any atom is 0.340 e. The van der Waals surface area contributed by atoms with E-state index in [0.29, 0.717) is 16.5 Å². The Morgan fingerprint density at radius 2 is 2.04 bits per heavy atom. The number of pyridine rings is 1. The summed E-state index contributed by atoms with van der Waals surface area (Å²) < 4.78 is 5.22. The van der Waals surface area contributed by atoms with Crippen molar-refractivity contribution in [2.45, 2.75) is 50.9 Å². The number of carbonyl (C=O) groups is 1. The molecule has 4 rings (SSSR count). The number of nitrogens with one attached hydrogen (secondary N) is 1. The molecule has 1 aromatic carbocycles. The molecule has 0 bridgehead atoms. The second-order valence-electron chi connectivity index (χ2n) is 7.44. The van der Waals surface area contributed by atoms with Gasteiger partial charge in [0, 0.05) is 28.6 Å². The van der Waals surface area contributed by atoms with Crippen LogP contribution in [0, 0.1) is 0 Å². The van der Waals surface area contributed by atoms with Crippen molar-refractivity contribution in [3.63, 3.8) is 0 Å². The second kappa shape index (κ2) is 7.89. The molecule has 0 radical (unpaired) electrons. The fraction of sp³-hybridized carbons (Fsp3) is 0.455. The average molecular weight is 385 g/mol. The first-order valence-electron chi connectivity index (χ1n) is 9.84. The van der Waals surface area contributed by atoms with Gasteiger partial charge in [-0.1, -0.05) is 43.0 Å². The first kappa shape index (κ1) is 18.3. The minimum atomic E-state index is -0.300. The lowest BCUT2D eigenvalue weighted by Crippen LogP contribution is -2.22. The van der Waals surface area contributed by atoms with Gasteiger partial charge in [0.05, 0.1) is 18.4 Å². The largest absolute Gasteiger partial charge is 0.465 e. The molecule has 1 fully saturated rings. The topological polar surface area (TPSA) is 51.2 Å². The molecule has 1 aliphatic heterocycles.